The minimum Gasteiger partial charge on any atom is -0.340 e. The first-order chi connectivity index (χ1) is 15.0. The van der Waals surface area contributed by atoms with Crippen molar-refractivity contribution in [3.63, 3.8) is 0 Å². The van der Waals surface area contributed by atoms with Gasteiger partial charge in [0.25, 0.3) is 0 Å². The summed E-state index contributed by atoms with van der Waals surface area (Å²) in [4.78, 5) is 30.2. The number of hydrogen-bond donors (Lipinski definition) is 0. The molecule has 0 bridgehead atoms. The van der Waals surface area contributed by atoms with Crippen LogP contribution in [0.1, 0.15) is 32.6 Å². The molecule has 1 aliphatic heterocycles. The molecular formula is C22H22F2N6O. The molecule has 7 nitrogen and oxygen atoms in total. The predicted molar refractivity (Wildman–Crippen MR) is 112 cm³/mol. The number of benzene rings is 1. The number of imidazole rings is 1. The van der Waals surface area contributed by atoms with E-state index in [1.54, 1.807) is 28.9 Å². The van der Waals surface area contributed by atoms with E-state index in [1.807, 2.05) is 6.92 Å². The predicted octanol–water partition coefficient (Wildman–Crippen LogP) is 3.72. The number of fused-ring (bicyclic) bond motifs is 1. The van der Waals surface area contributed by atoms with Crippen LogP contribution in [0.15, 0.2) is 36.8 Å². The van der Waals surface area contributed by atoms with E-state index in [2.05, 4.69) is 14.9 Å². The third-order valence-corrected chi connectivity index (χ3v) is 6.18. The lowest BCUT2D eigenvalue weighted by atomic mass is 9.88. The number of anilines is 2. The van der Waals surface area contributed by atoms with E-state index in [0.717, 1.165) is 25.3 Å². The lowest BCUT2D eigenvalue weighted by Crippen LogP contribution is -2.57. The monoisotopic (exact) mass is 424 g/mol. The van der Waals surface area contributed by atoms with Gasteiger partial charge in [0.15, 0.2) is 5.82 Å². The SMILES string of the molecule is CC[C@@H]1C(=O)N(C)c2cnc(-n3ccnc3-c3ccc(F)cc3F)nc2N1C1CCC1. The third kappa shape index (κ3) is 3.07. The molecule has 1 saturated carbocycles. The summed E-state index contributed by atoms with van der Waals surface area (Å²) >= 11 is 0. The standard InChI is InChI=1S/C22H22F2N6O/c1-3-17-21(31)28(2)18-12-26-22(27-20(18)30(17)14-5-4-6-14)29-10-9-25-19(29)15-8-7-13(23)11-16(15)24/h7-12,14,17H,3-6H2,1-2H3/t17-/m1/s1. The van der Waals surface area contributed by atoms with Crippen LogP contribution in [0.5, 0.6) is 0 Å². The Morgan fingerprint density at radius 1 is 1.19 bits per heavy atom. The molecule has 160 valence electrons. The molecule has 3 heterocycles. The zero-order valence-electron chi connectivity index (χ0n) is 17.3. The summed E-state index contributed by atoms with van der Waals surface area (Å²) in [6.45, 7) is 2.00. The molecule has 0 saturated heterocycles. The Hall–Kier alpha value is -3.36. The maximum absolute atomic E-state index is 14.4. The molecular weight excluding hydrogens is 402 g/mol. The lowest BCUT2D eigenvalue weighted by Gasteiger charge is -2.47. The van der Waals surface area contributed by atoms with Crippen LogP contribution in [0.25, 0.3) is 17.3 Å². The van der Waals surface area contributed by atoms with E-state index in [9.17, 15) is 13.6 Å². The maximum atomic E-state index is 14.4. The maximum Gasteiger partial charge on any atom is 0.249 e. The highest BCUT2D eigenvalue weighted by atomic mass is 19.1. The van der Waals surface area contributed by atoms with Crippen LogP contribution in [0, 0.1) is 11.6 Å². The Kier molecular flexibility index (Phi) is 4.68. The third-order valence-electron chi connectivity index (χ3n) is 6.18. The second kappa shape index (κ2) is 7.40. The van der Waals surface area contributed by atoms with Gasteiger partial charge in [-0.25, -0.2) is 18.7 Å². The fourth-order valence-corrected chi connectivity index (χ4v) is 4.31. The van der Waals surface area contributed by atoms with Gasteiger partial charge in [0, 0.05) is 31.5 Å². The number of halogens is 2. The van der Waals surface area contributed by atoms with Gasteiger partial charge in [-0.2, -0.15) is 4.98 Å². The zero-order chi connectivity index (χ0) is 21.7. The number of amides is 1. The van der Waals surface area contributed by atoms with Gasteiger partial charge in [0.1, 0.15) is 29.2 Å². The summed E-state index contributed by atoms with van der Waals surface area (Å²) < 4.78 is 29.4. The number of carbonyl (C=O) groups is 1. The van der Waals surface area contributed by atoms with Crippen molar-refractivity contribution in [2.75, 3.05) is 16.8 Å². The second-order valence-electron chi connectivity index (χ2n) is 7.94. The number of hydrogen-bond acceptors (Lipinski definition) is 5. The molecule has 9 heteroatoms. The normalized spacial score (nSPS) is 18.8. The largest absolute Gasteiger partial charge is 0.340 e. The highest BCUT2D eigenvalue weighted by molar-refractivity contribution is 6.04. The molecule has 31 heavy (non-hydrogen) atoms. The second-order valence-corrected chi connectivity index (χ2v) is 7.94. The molecule has 0 radical (unpaired) electrons. The summed E-state index contributed by atoms with van der Waals surface area (Å²) in [5.41, 5.74) is 0.808. The summed E-state index contributed by atoms with van der Waals surface area (Å²) in [6.07, 6.45) is 8.63. The van der Waals surface area contributed by atoms with E-state index in [4.69, 9.17) is 4.98 Å². The summed E-state index contributed by atoms with van der Waals surface area (Å²) in [7, 11) is 1.74. The average molecular weight is 424 g/mol. The average Bonchev–Trinajstić information content (AvgIpc) is 3.20. The summed E-state index contributed by atoms with van der Waals surface area (Å²) in [5, 5.41) is 0. The number of carbonyl (C=O) groups excluding carboxylic acids is 1. The van der Waals surface area contributed by atoms with E-state index >= 15 is 0 Å². The first kappa shape index (κ1) is 19.6. The van der Waals surface area contributed by atoms with Crippen LogP contribution in [0.3, 0.4) is 0 Å². The number of nitrogens with zero attached hydrogens (tertiary/aromatic N) is 6. The van der Waals surface area contributed by atoms with Crippen LogP contribution in [0.2, 0.25) is 0 Å². The van der Waals surface area contributed by atoms with Crippen molar-refractivity contribution in [1.82, 2.24) is 19.5 Å². The molecule has 0 N–H and O–H groups in total. The van der Waals surface area contributed by atoms with Gasteiger partial charge in [-0.1, -0.05) is 6.92 Å². The lowest BCUT2D eigenvalue weighted by molar-refractivity contribution is -0.120. The van der Waals surface area contributed by atoms with Crippen molar-refractivity contribution in [3.8, 4) is 17.3 Å². The fourth-order valence-electron chi connectivity index (χ4n) is 4.31. The number of rotatable bonds is 4. The first-order valence-corrected chi connectivity index (χ1v) is 10.4. The minimum atomic E-state index is -0.710. The van der Waals surface area contributed by atoms with E-state index in [0.29, 0.717) is 23.9 Å². The van der Waals surface area contributed by atoms with E-state index in [1.165, 1.54) is 18.3 Å². The zero-order valence-corrected chi connectivity index (χ0v) is 17.3. The van der Waals surface area contributed by atoms with Gasteiger partial charge in [-0.05, 0) is 37.8 Å². The van der Waals surface area contributed by atoms with Crippen LogP contribution < -0.4 is 9.80 Å². The number of likely N-dealkylation sites (N-methyl/N-ethyl adjacent to an activating group) is 1. The minimum absolute atomic E-state index is 0.0370. The highest BCUT2D eigenvalue weighted by Gasteiger charge is 2.42. The van der Waals surface area contributed by atoms with E-state index < -0.39 is 11.6 Å². The molecule has 1 aromatic carbocycles. The molecule has 2 aromatic heterocycles. The van der Waals surface area contributed by atoms with Crippen molar-refractivity contribution >= 4 is 17.4 Å². The van der Waals surface area contributed by atoms with Crippen molar-refractivity contribution in [2.24, 2.45) is 0 Å². The summed E-state index contributed by atoms with van der Waals surface area (Å²) in [6, 6.07) is 3.36. The van der Waals surface area contributed by atoms with Crippen LogP contribution in [-0.2, 0) is 4.79 Å². The highest BCUT2D eigenvalue weighted by Crippen LogP contribution is 2.40. The topological polar surface area (TPSA) is 67.2 Å². The molecule has 1 amide bonds. The van der Waals surface area contributed by atoms with Crippen molar-refractivity contribution in [2.45, 2.75) is 44.7 Å². The molecule has 3 aromatic rings. The van der Waals surface area contributed by atoms with E-state index in [-0.39, 0.29) is 29.4 Å². The molecule has 2 aliphatic rings. The van der Waals surface area contributed by atoms with Gasteiger partial charge in [-0.3, -0.25) is 9.36 Å². The molecule has 0 spiro atoms. The fraction of sp³-hybridized carbons (Fsp3) is 0.364. The Balaban J connectivity index is 1.63. The number of aromatic nitrogens is 4. The molecule has 0 unspecified atom stereocenters. The van der Waals surface area contributed by atoms with Crippen molar-refractivity contribution in [1.29, 1.82) is 0 Å². The Morgan fingerprint density at radius 3 is 2.68 bits per heavy atom. The van der Waals surface area contributed by atoms with Gasteiger partial charge in [0.2, 0.25) is 11.9 Å². The quantitative estimate of drug-likeness (QED) is 0.639. The molecule has 1 fully saturated rings. The van der Waals surface area contributed by atoms with Gasteiger partial charge < -0.3 is 9.80 Å². The van der Waals surface area contributed by atoms with Crippen molar-refractivity contribution in [3.05, 3.63) is 48.4 Å². The van der Waals surface area contributed by atoms with Crippen molar-refractivity contribution < 1.29 is 13.6 Å². The van der Waals surface area contributed by atoms with Gasteiger partial charge >= 0.3 is 0 Å². The van der Waals surface area contributed by atoms with Gasteiger partial charge in [-0.15, -0.1) is 0 Å². The van der Waals surface area contributed by atoms with Crippen LogP contribution in [0.4, 0.5) is 20.3 Å². The smallest absolute Gasteiger partial charge is 0.249 e. The Labute approximate surface area is 178 Å². The Morgan fingerprint density at radius 2 is 2.00 bits per heavy atom. The summed E-state index contributed by atoms with van der Waals surface area (Å²) in [5.74, 6) is -0.0358. The van der Waals surface area contributed by atoms with Gasteiger partial charge in [0.05, 0.1) is 11.8 Å². The molecule has 5 rings (SSSR count). The Bertz CT molecular complexity index is 1160. The molecule has 1 atom stereocenters. The van der Waals surface area contributed by atoms with Crippen LogP contribution >= 0.6 is 0 Å². The first-order valence-electron chi connectivity index (χ1n) is 10.4. The molecule has 1 aliphatic carbocycles. The van der Waals surface area contributed by atoms with Crippen LogP contribution in [-0.4, -0.2) is 44.6 Å².